The van der Waals surface area contributed by atoms with Gasteiger partial charge < -0.3 is 4.42 Å². The standard InChI is InChI=1S/C16H9NO2S2/c18-16-11(7-9-5-6-10(20)8-13(9)19-16)15-17-12-3-1-2-4-14(12)21-15/h1-8,20H. The van der Waals surface area contributed by atoms with Crippen LogP contribution in [0.1, 0.15) is 0 Å². The first-order valence-corrected chi connectivity index (χ1v) is 7.60. The molecule has 0 unspecified atom stereocenters. The normalized spacial score (nSPS) is 11.3. The van der Waals surface area contributed by atoms with Crippen molar-refractivity contribution in [3.63, 3.8) is 0 Å². The van der Waals surface area contributed by atoms with Crippen LogP contribution in [0.25, 0.3) is 31.8 Å². The Morgan fingerprint density at radius 3 is 2.81 bits per heavy atom. The fourth-order valence-corrected chi connectivity index (χ4v) is 3.40. The fourth-order valence-electron chi connectivity index (χ4n) is 2.24. The molecule has 0 atom stereocenters. The van der Waals surface area contributed by atoms with Gasteiger partial charge in [0, 0.05) is 10.3 Å². The number of nitrogens with zero attached hydrogens (tertiary/aromatic N) is 1. The van der Waals surface area contributed by atoms with Crippen molar-refractivity contribution in [3.8, 4) is 10.6 Å². The van der Waals surface area contributed by atoms with Gasteiger partial charge in [-0.2, -0.15) is 0 Å². The molecule has 0 aliphatic heterocycles. The van der Waals surface area contributed by atoms with E-state index in [1.165, 1.54) is 11.3 Å². The first-order chi connectivity index (χ1) is 10.2. The second kappa shape index (κ2) is 4.72. The van der Waals surface area contributed by atoms with Crippen molar-refractivity contribution in [3.05, 3.63) is 59.0 Å². The molecular weight excluding hydrogens is 302 g/mol. The van der Waals surface area contributed by atoms with E-state index >= 15 is 0 Å². The Labute approximate surface area is 129 Å². The highest BCUT2D eigenvalue weighted by atomic mass is 32.1. The molecule has 0 radical (unpaired) electrons. The largest absolute Gasteiger partial charge is 0.422 e. The van der Waals surface area contributed by atoms with Crippen LogP contribution in [0.15, 0.2) is 62.6 Å². The second-order valence-electron chi connectivity index (χ2n) is 4.66. The van der Waals surface area contributed by atoms with Crippen LogP contribution in [0, 0.1) is 0 Å². The number of thiazole rings is 1. The number of rotatable bonds is 1. The van der Waals surface area contributed by atoms with Gasteiger partial charge in [0.1, 0.15) is 10.6 Å². The summed E-state index contributed by atoms with van der Waals surface area (Å²) in [6.07, 6.45) is 0. The Hall–Kier alpha value is -2.11. The summed E-state index contributed by atoms with van der Waals surface area (Å²) in [5.74, 6) is 0. The summed E-state index contributed by atoms with van der Waals surface area (Å²) in [4.78, 5) is 17.5. The predicted molar refractivity (Wildman–Crippen MR) is 88.4 cm³/mol. The van der Waals surface area contributed by atoms with Crippen molar-refractivity contribution in [2.24, 2.45) is 0 Å². The smallest absolute Gasteiger partial charge is 0.346 e. The van der Waals surface area contributed by atoms with Crippen LogP contribution in [0.4, 0.5) is 0 Å². The lowest BCUT2D eigenvalue weighted by atomic mass is 10.2. The predicted octanol–water partition coefficient (Wildman–Crippen LogP) is 4.36. The van der Waals surface area contributed by atoms with Crippen LogP contribution in [0.5, 0.6) is 0 Å². The monoisotopic (exact) mass is 311 g/mol. The highest BCUT2D eigenvalue weighted by molar-refractivity contribution is 7.80. The van der Waals surface area contributed by atoms with Crippen molar-refractivity contribution in [2.45, 2.75) is 4.90 Å². The zero-order valence-corrected chi connectivity index (χ0v) is 12.4. The number of thiol groups is 1. The van der Waals surface area contributed by atoms with Crippen molar-refractivity contribution in [1.82, 2.24) is 4.98 Å². The van der Waals surface area contributed by atoms with Crippen LogP contribution in [-0.4, -0.2) is 4.98 Å². The molecule has 0 aliphatic rings. The Morgan fingerprint density at radius 1 is 1.10 bits per heavy atom. The van der Waals surface area contributed by atoms with E-state index < -0.39 is 0 Å². The molecule has 0 bridgehead atoms. The van der Waals surface area contributed by atoms with E-state index in [1.54, 1.807) is 6.07 Å². The van der Waals surface area contributed by atoms with Crippen molar-refractivity contribution >= 4 is 45.2 Å². The average Bonchev–Trinajstić information content (AvgIpc) is 2.90. The van der Waals surface area contributed by atoms with Crippen LogP contribution in [0.2, 0.25) is 0 Å². The molecule has 2 aromatic carbocycles. The number of para-hydroxylation sites is 1. The third kappa shape index (κ3) is 2.14. The molecule has 3 nitrogen and oxygen atoms in total. The molecule has 0 saturated heterocycles. The van der Waals surface area contributed by atoms with Gasteiger partial charge in [0.15, 0.2) is 0 Å². The van der Waals surface area contributed by atoms with Gasteiger partial charge >= 0.3 is 5.63 Å². The minimum Gasteiger partial charge on any atom is -0.422 e. The van der Waals surface area contributed by atoms with Crippen LogP contribution in [-0.2, 0) is 0 Å². The highest BCUT2D eigenvalue weighted by Crippen LogP contribution is 2.30. The second-order valence-corrected chi connectivity index (χ2v) is 6.20. The molecule has 5 heteroatoms. The molecule has 21 heavy (non-hydrogen) atoms. The van der Waals surface area contributed by atoms with Crippen molar-refractivity contribution < 1.29 is 4.42 Å². The molecule has 0 amide bonds. The summed E-state index contributed by atoms with van der Waals surface area (Å²) < 4.78 is 6.44. The molecule has 0 saturated carbocycles. The number of hydrogen-bond acceptors (Lipinski definition) is 5. The van der Waals surface area contributed by atoms with Gasteiger partial charge in [-0.05, 0) is 30.3 Å². The minimum atomic E-state index is -0.375. The quantitative estimate of drug-likeness (QED) is 0.419. The lowest BCUT2D eigenvalue weighted by molar-refractivity contribution is 0.562. The molecular formula is C16H9NO2S2. The molecule has 0 fully saturated rings. The molecule has 2 heterocycles. The molecule has 0 N–H and O–H groups in total. The SMILES string of the molecule is O=c1oc2cc(S)ccc2cc1-c1nc2ccccc2s1. The van der Waals surface area contributed by atoms with Crippen molar-refractivity contribution in [2.75, 3.05) is 0 Å². The molecule has 102 valence electrons. The first kappa shape index (κ1) is 12.6. The molecule has 2 aromatic heterocycles. The van der Waals surface area contributed by atoms with E-state index in [-0.39, 0.29) is 5.63 Å². The topological polar surface area (TPSA) is 43.1 Å². The Kier molecular flexibility index (Phi) is 2.83. The maximum absolute atomic E-state index is 12.2. The first-order valence-electron chi connectivity index (χ1n) is 6.33. The van der Waals surface area contributed by atoms with Gasteiger partial charge in [-0.15, -0.1) is 24.0 Å². The number of aromatic nitrogens is 1. The van der Waals surface area contributed by atoms with Gasteiger partial charge in [-0.25, -0.2) is 9.78 Å². The van der Waals surface area contributed by atoms with Crippen LogP contribution >= 0.6 is 24.0 Å². The summed E-state index contributed by atoms with van der Waals surface area (Å²) in [6, 6.07) is 15.1. The van der Waals surface area contributed by atoms with E-state index in [2.05, 4.69) is 17.6 Å². The Balaban J connectivity index is 1.99. The van der Waals surface area contributed by atoms with Gasteiger partial charge in [0.2, 0.25) is 0 Å². The minimum absolute atomic E-state index is 0.375. The number of fused-ring (bicyclic) bond motifs is 2. The van der Waals surface area contributed by atoms with Crippen LogP contribution in [0.3, 0.4) is 0 Å². The molecule has 4 aromatic rings. The summed E-state index contributed by atoms with van der Waals surface area (Å²) in [5, 5.41) is 1.54. The van der Waals surface area contributed by atoms with E-state index in [0.717, 1.165) is 20.5 Å². The zero-order valence-electron chi connectivity index (χ0n) is 10.7. The average molecular weight is 311 g/mol. The molecule has 0 aliphatic carbocycles. The maximum Gasteiger partial charge on any atom is 0.346 e. The van der Waals surface area contributed by atoms with E-state index in [9.17, 15) is 4.79 Å². The van der Waals surface area contributed by atoms with E-state index in [4.69, 9.17) is 4.42 Å². The summed E-state index contributed by atoms with van der Waals surface area (Å²) >= 11 is 5.74. The van der Waals surface area contributed by atoms with E-state index in [1.807, 2.05) is 42.5 Å². The summed E-state index contributed by atoms with van der Waals surface area (Å²) in [5.41, 5.74) is 1.55. The third-order valence-electron chi connectivity index (χ3n) is 3.24. The van der Waals surface area contributed by atoms with Gasteiger partial charge in [0.05, 0.1) is 15.8 Å². The Morgan fingerprint density at radius 2 is 1.95 bits per heavy atom. The highest BCUT2D eigenvalue weighted by Gasteiger charge is 2.12. The molecule has 0 spiro atoms. The van der Waals surface area contributed by atoms with Crippen LogP contribution < -0.4 is 5.63 Å². The van der Waals surface area contributed by atoms with Gasteiger partial charge in [0.25, 0.3) is 0 Å². The van der Waals surface area contributed by atoms with Crippen molar-refractivity contribution in [1.29, 1.82) is 0 Å². The van der Waals surface area contributed by atoms with E-state index in [0.29, 0.717) is 16.2 Å². The lowest BCUT2D eigenvalue weighted by Gasteiger charge is -2.00. The summed E-state index contributed by atoms with van der Waals surface area (Å²) in [6.45, 7) is 0. The fraction of sp³-hybridized carbons (Fsp3) is 0. The summed E-state index contributed by atoms with van der Waals surface area (Å²) in [7, 11) is 0. The molecule has 4 rings (SSSR count). The maximum atomic E-state index is 12.2. The zero-order chi connectivity index (χ0) is 14.4. The number of hydrogen-bond donors (Lipinski definition) is 1. The van der Waals surface area contributed by atoms with Gasteiger partial charge in [-0.1, -0.05) is 18.2 Å². The van der Waals surface area contributed by atoms with Gasteiger partial charge in [-0.3, -0.25) is 0 Å². The third-order valence-corrected chi connectivity index (χ3v) is 4.59. The lowest BCUT2D eigenvalue weighted by Crippen LogP contribution is -2.02. The number of benzene rings is 2. The Bertz CT molecular complexity index is 1000.